The number of aryl methyl sites for hydroxylation is 1. The van der Waals surface area contributed by atoms with Crippen molar-refractivity contribution in [3.63, 3.8) is 0 Å². The lowest BCUT2D eigenvalue weighted by atomic mass is 10.0. The lowest BCUT2D eigenvalue weighted by Crippen LogP contribution is -2.18. The number of nitrogen functional groups attached to an aromatic ring is 1. The van der Waals surface area contributed by atoms with Gasteiger partial charge in [-0.3, -0.25) is 4.79 Å². The Balaban J connectivity index is 2.14. The standard InChI is InChI=1S/C14H19BrN2O/c1-4-14(3)7-10(14)13(18)17-11-6-9(15)5-8(2)12(11)16/h5-6,10H,4,7,16H2,1-3H3,(H,17,18). The van der Waals surface area contributed by atoms with Crippen molar-refractivity contribution in [2.75, 3.05) is 11.1 Å². The van der Waals surface area contributed by atoms with Crippen molar-refractivity contribution in [2.45, 2.75) is 33.6 Å². The van der Waals surface area contributed by atoms with Crippen LogP contribution < -0.4 is 11.1 Å². The van der Waals surface area contributed by atoms with Gasteiger partial charge in [-0.1, -0.05) is 29.8 Å². The molecule has 0 aromatic heterocycles. The maximum absolute atomic E-state index is 12.1. The van der Waals surface area contributed by atoms with Crippen molar-refractivity contribution in [1.29, 1.82) is 0 Å². The number of nitrogens with one attached hydrogen (secondary N) is 1. The van der Waals surface area contributed by atoms with Gasteiger partial charge in [0, 0.05) is 10.4 Å². The lowest BCUT2D eigenvalue weighted by Gasteiger charge is -2.12. The van der Waals surface area contributed by atoms with Crippen LogP contribution in [0.25, 0.3) is 0 Å². The Morgan fingerprint density at radius 1 is 1.61 bits per heavy atom. The Morgan fingerprint density at radius 3 is 2.83 bits per heavy atom. The summed E-state index contributed by atoms with van der Waals surface area (Å²) in [6.07, 6.45) is 2.01. The molecule has 98 valence electrons. The minimum Gasteiger partial charge on any atom is -0.397 e. The number of benzene rings is 1. The molecule has 0 heterocycles. The molecule has 1 aromatic rings. The predicted octanol–water partition coefficient (Wildman–Crippen LogP) is 3.71. The Morgan fingerprint density at radius 2 is 2.28 bits per heavy atom. The summed E-state index contributed by atoms with van der Waals surface area (Å²) in [5, 5.41) is 2.95. The van der Waals surface area contributed by atoms with Crippen LogP contribution in [0.4, 0.5) is 11.4 Å². The van der Waals surface area contributed by atoms with Gasteiger partial charge < -0.3 is 11.1 Å². The Kier molecular flexibility index (Phi) is 3.41. The van der Waals surface area contributed by atoms with E-state index in [1.807, 2.05) is 19.1 Å². The predicted molar refractivity (Wildman–Crippen MR) is 78.4 cm³/mol. The summed E-state index contributed by atoms with van der Waals surface area (Å²) in [5.74, 6) is 0.213. The van der Waals surface area contributed by atoms with Gasteiger partial charge in [0.15, 0.2) is 0 Å². The van der Waals surface area contributed by atoms with Gasteiger partial charge in [-0.2, -0.15) is 0 Å². The monoisotopic (exact) mass is 310 g/mol. The number of hydrogen-bond acceptors (Lipinski definition) is 2. The van der Waals surface area contributed by atoms with Gasteiger partial charge in [0.1, 0.15) is 0 Å². The van der Waals surface area contributed by atoms with E-state index in [1.165, 1.54) is 0 Å². The third kappa shape index (κ3) is 2.39. The number of rotatable bonds is 3. The fourth-order valence-electron chi connectivity index (χ4n) is 2.28. The SMILES string of the molecule is CCC1(C)CC1C(=O)Nc1cc(Br)cc(C)c1N. The Bertz CT molecular complexity index is 501. The van der Waals surface area contributed by atoms with Crippen LogP contribution in [0.2, 0.25) is 0 Å². The molecular weight excluding hydrogens is 292 g/mol. The van der Waals surface area contributed by atoms with Crippen LogP contribution in [0.15, 0.2) is 16.6 Å². The van der Waals surface area contributed by atoms with Crippen LogP contribution in [0.5, 0.6) is 0 Å². The summed E-state index contributed by atoms with van der Waals surface area (Å²) < 4.78 is 0.929. The molecule has 0 radical (unpaired) electrons. The van der Waals surface area contributed by atoms with Crippen LogP contribution in [0, 0.1) is 18.3 Å². The average molecular weight is 311 g/mol. The fraction of sp³-hybridized carbons (Fsp3) is 0.500. The minimum atomic E-state index is 0.0866. The molecule has 0 saturated heterocycles. The smallest absolute Gasteiger partial charge is 0.228 e. The van der Waals surface area contributed by atoms with Crippen molar-refractivity contribution in [1.82, 2.24) is 0 Å². The van der Waals surface area contributed by atoms with E-state index in [2.05, 4.69) is 35.1 Å². The zero-order valence-electron chi connectivity index (χ0n) is 11.0. The molecule has 1 aliphatic rings. The fourth-order valence-corrected chi connectivity index (χ4v) is 2.86. The third-order valence-corrected chi connectivity index (χ3v) is 4.54. The second-order valence-electron chi connectivity index (χ2n) is 5.44. The maximum Gasteiger partial charge on any atom is 0.228 e. The first-order valence-corrected chi connectivity index (χ1v) is 7.03. The summed E-state index contributed by atoms with van der Waals surface area (Å²) in [5.41, 5.74) is 8.48. The number of halogens is 1. The Labute approximate surface area is 116 Å². The largest absolute Gasteiger partial charge is 0.397 e. The first kappa shape index (κ1) is 13.4. The topological polar surface area (TPSA) is 55.1 Å². The summed E-state index contributed by atoms with van der Waals surface area (Å²) >= 11 is 3.42. The summed E-state index contributed by atoms with van der Waals surface area (Å²) in [6.45, 7) is 6.22. The van der Waals surface area contributed by atoms with Crippen LogP contribution >= 0.6 is 15.9 Å². The highest BCUT2D eigenvalue weighted by Gasteiger charge is 2.52. The van der Waals surface area contributed by atoms with E-state index in [4.69, 9.17) is 5.73 Å². The van der Waals surface area contributed by atoms with Crippen molar-refractivity contribution in [3.05, 3.63) is 22.2 Å². The van der Waals surface area contributed by atoms with Gasteiger partial charge in [-0.05, 0) is 42.9 Å². The molecule has 2 unspecified atom stereocenters. The first-order valence-electron chi connectivity index (χ1n) is 6.24. The molecule has 1 aromatic carbocycles. The zero-order valence-corrected chi connectivity index (χ0v) is 12.6. The number of amides is 1. The molecule has 0 bridgehead atoms. The van der Waals surface area contributed by atoms with E-state index in [9.17, 15) is 4.79 Å². The van der Waals surface area contributed by atoms with E-state index in [1.54, 1.807) is 0 Å². The van der Waals surface area contributed by atoms with Gasteiger partial charge in [-0.15, -0.1) is 0 Å². The van der Waals surface area contributed by atoms with Gasteiger partial charge in [0.05, 0.1) is 11.4 Å². The first-order chi connectivity index (χ1) is 8.37. The normalized spacial score (nSPS) is 25.9. The molecule has 1 fully saturated rings. The summed E-state index contributed by atoms with van der Waals surface area (Å²) in [4.78, 5) is 12.1. The zero-order chi connectivity index (χ0) is 13.5. The third-order valence-electron chi connectivity index (χ3n) is 4.09. The van der Waals surface area contributed by atoms with E-state index in [0.717, 1.165) is 22.9 Å². The number of hydrogen-bond donors (Lipinski definition) is 2. The number of nitrogens with two attached hydrogens (primary N) is 1. The highest BCUT2D eigenvalue weighted by atomic mass is 79.9. The molecule has 0 aliphatic heterocycles. The number of carbonyl (C=O) groups excluding carboxylic acids is 1. The molecular formula is C14H19BrN2O. The highest BCUT2D eigenvalue weighted by molar-refractivity contribution is 9.10. The molecule has 3 nitrogen and oxygen atoms in total. The van der Waals surface area contributed by atoms with Gasteiger partial charge >= 0.3 is 0 Å². The second kappa shape index (κ2) is 4.57. The molecule has 1 aliphatic carbocycles. The van der Waals surface area contributed by atoms with Crippen LogP contribution in [-0.4, -0.2) is 5.91 Å². The highest BCUT2D eigenvalue weighted by Crippen LogP contribution is 2.55. The van der Waals surface area contributed by atoms with E-state index in [0.29, 0.717) is 11.4 Å². The lowest BCUT2D eigenvalue weighted by molar-refractivity contribution is -0.118. The molecule has 18 heavy (non-hydrogen) atoms. The quantitative estimate of drug-likeness (QED) is 0.836. The molecule has 2 atom stereocenters. The van der Waals surface area contributed by atoms with Crippen molar-refractivity contribution in [3.8, 4) is 0 Å². The minimum absolute atomic E-state index is 0.0866. The molecule has 1 saturated carbocycles. The number of carbonyl (C=O) groups is 1. The van der Waals surface area contributed by atoms with Gasteiger partial charge in [0.25, 0.3) is 0 Å². The van der Waals surface area contributed by atoms with E-state index >= 15 is 0 Å². The summed E-state index contributed by atoms with van der Waals surface area (Å²) in [6, 6.07) is 3.80. The number of anilines is 2. The van der Waals surface area contributed by atoms with Crippen molar-refractivity contribution >= 4 is 33.2 Å². The molecule has 1 amide bonds. The molecule has 0 spiro atoms. The average Bonchev–Trinajstić information content (AvgIpc) is 2.99. The van der Waals surface area contributed by atoms with E-state index < -0.39 is 0 Å². The van der Waals surface area contributed by atoms with Gasteiger partial charge in [-0.25, -0.2) is 0 Å². The second-order valence-corrected chi connectivity index (χ2v) is 6.35. The molecule has 4 heteroatoms. The van der Waals surface area contributed by atoms with Crippen molar-refractivity contribution in [2.24, 2.45) is 11.3 Å². The van der Waals surface area contributed by atoms with Gasteiger partial charge in [0.2, 0.25) is 5.91 Å². The van der Waals surface area contributed by atoms with Crippen LogP contribution in [-0.2, 0) is 4.79 Å². The molecule has 3 N–H and O–H groups in total. The molecule has 2 rings (SSSR count). The maximum atomic E-state index is 12.1. The van der Waals surface area contributed by atoms with E-state index in [-0.39, 0.29) is 17.2 Å². The van der Waals surface area contributed by atoms with Crippen LogP contribution in [0.1, 0.15) is 32.3 Å². The van der Waals surface area contributed by atoms with Crippen molar-refractivity contribution < 1.29 is 4.79 Å². The Hall–Kier alpha value is -1.03. The van der Waals surface area contributed by atoms with Crippen LogP contribution in [0.3, 0.4) is 0 Å². The summed E-state index contributed by atoms with van der Waals surface area (Å²) in [7, 11) is 0.